The van der Waals surface area contributed by atoms with Crippen LogP contribution in [-0.4, -0.2) is 29.6 Å². The van der Waals surface area contributed by atoms with Gasteiger partial charge in [0.2, 0.25) is 5.95 Å². The Kier molecular flexibility index (Phi) is 3.86. The SMILES string of the molecule is CNc1ncc(Br)c(N(CC2CC2)C(C)C)n1. The van der Waals surface area contributed by atoms with Crippen LogP contribution in [-0.2, 0) is 0 Å². The highest BCUT2D eigenvalue weighted by molar-refractivity contribution is 9.10. The molecule has 1 fully saturated rings. The monoisotopic (exact) mass is 298 g/mol. The Bertz CT molecular complexity index is 390. The molecule has 1 aliphatic rings. The molecule has 0 bridgehead atoms. The highest BCUT2D eigenvalue weighted by Crippen LogP contribution is 2.34. The molecule has 0 unspecified atom stereocenters. The molecule has 0 radical (unpaired) electrons. The van der Waals surface area contributed by atoms with E-state index >= 15 is 0 Å². The number of aromatic nitrogens is 2. The normalized spacial score (nSPS) is 15.1. The lowest BCUT2D eigenvalue weighted by molar-refractivity contribution is 0.635. The van der Waals surface area contributed by atoms with Crippen LogP contribution in [0.2, 0.25) is 0 Å². The van der Waals surface area contributed by atoms with E-state index in [1.54, 1.807) is 0 Å². The fraction of sp³-hybridized carbons (Fsp3) is 0.667. The minimum Gasteiger partial charge on any atom is -0.357 e. The molecular weight excluding hydrogens is 280 g/mol. The molecule has 0 aromatic carbocycles. The zero-order valence-corrected chi connectivity index (χ0v) is 12.2. The Labute approximate surface area is 111 Å². The van der Waals surface area contributed by atoms with Crippen molar-refractivity contribution in [1.29, 1.82) is 0 Å². The van der Waals surface area contributed by atoms with Crippen LogP contribution >= 0.6 is 15.9 Å². The topological polar surface area (TPSA) is 41.1 Å². The summed E-state index contributed by atoms with van der Waals surface area (Å²) < 4.78 is 0.964. The summed E-state index contributed by atoms with van der Waals surface area (Å²) in [6.07, 6.45) is 4.52. The second-order valence-electron chi connectivity index (χ2n) is 4.80. The first-order chi connectivity index (χ1) is 8.11. The number of rotatable bonds is 5. The van der Waals surface area contributed by atoms with Gasteiger partial charge in [-0.3, -0.25) is 0 Å². The summed E-state index contributed by atoms with van der Waals surface area (Å²) >= 11 is 3.54. The molecule has 0 saturated heterocycles. The molecule has 1 aromatic heterocycles. The van der Waals surface area contributed by atoms with Gasteiger partial charge in [-0.1, -0.05) is 0 Å². The molecule has 1 aromatic rings. The molecule has 1 N–H and O–H groups in total. The Morgan fingerprint density at radius 2 is 2.24 bits per heavy atom. The fourth-order valence-electron chi connectivity index (χ4n) is 1.80. The number of halogens is 1. The Balaban J connectivity index is 2.26. The van der Waals surface area contributed by atoms with Crippen molar-refractivity contribution in [1.82, 2.24) is 9.97 Å². The molecule has 1 aliphatic carbocycles. The first-order valence-corrected chi connectivity index (χ1v) is 6.88. The summed E-state index contributed by atoms with van der Waals surface area (Å²) in [5.41, 5.74) is 0. The van der Waals surface area contributed by atoms with Crippen molar-refractivity contribution in [3.05, 3.63) is 10.7 Å². The molecule has 94 valence electrons. The maximum atomic E-state index is 4.55. The highest BCUT2D eigenvalue weighted by atomic mass is 79.9. The molecule has 0 spiro atoms. The van der Waals surface area contributed by atoms with E-state index < -0.39 is 0 Å². The minimum atomic E-state index is 0.450. The largest absolute Gasteiger partial charge is 0.357 e. The van der Waals surface area contributed by atoms with Gasteiger partial charge in [-0.2, -0.15) is 4.98 Å². The average Bonchev–Trinajstić information content (AvgIpc) is 3.10. The summed E-state index contributed by atoms with van der Waals surface area (Å²) in [6, 6.07) is 0.450. The zero-order valence-electron chi connectivity index (χ0n) is 10.6. The third-order valence-electron chi connectivity index (χ3n) is 3.00. The molecule has 4 nitrogen and oxygen atoms in total. The molecule has 0 amide bonds. The van der Waals surface area contributed by atoms with E-state index in [1.165, 1.54) is 12.8 Å². The average molecular weight is 299 g/mol. The second-order valence-corrected chi connectivity index (χ2v) is 5.66. The van der Waals surface area contributed by atoms with E-state index in [1.807, 2.05) is 13.2 Å². The molecule has 0 aliphatic heterocycles. The third-order valence-corrected chi connectivity index (χ3v) is 3.56. The maximum Gasteiger partial charge on any atom is 0.224 e. The third kappa shape index (κ3) is 3.09. The van der Waals surface area contributed by atoms with E-state index in [-0.39, 0.29) is 0 Å². The number of nitrogens with zero attached hydrogens (tertiary/aromatic N) is 3. The molecule has 1 saturated carbocycles. The maximum absolute atomic E-state index is 4.55. The van der Waals surface area contributed by atoms with Crippen LogP contribution in [0.3, 0.4) is 0 Å². The van der Waals surface area contributed by atoms with E-state index in [2.05, 4.69) is 50.0 Å². The van der Waals surface area contributed by atoms with E-state index in [0.717, 1.165) is 22.8 Å². The van der Waals surface area contributed by atoms with E-state index in [9.17, 15) is 0 Å². The van der Waals surface area contributed by atoms with Crippen molar-refractivity contribution in [2.75, 3.05) is 23.8 Å². The molecular formula is C12H19BrN4. The molecule has 2 rings (SSSR count). The van der Waals surface area contributed by atoms with Crippen molar-refractivity contribution in [3.63, 3.8) is 0 Å². The van der Waals surface area contributed by atoms with Gasteiger partial charge in [0.1, 0.15) is 5.82 Å². The Hall–Kier alpha value is -0.840. The number of hydrogen-bond donors (Lipinski definition) is 1. The predicted molar refractivity (Wildman–Crippen MR) is 74.5 cm³/mol. The minimum absolute atomic E-state index is 0.450. The standard InChI is InChI=1S/C12H19BrN4/c1-8(2)17(7-9-4-5-9)11-10(13)6-15-12(14-3)16-11/h6,8-9H,4-5,7H2,1-3H3,(H,14,15,16). The van der Waals surface area contributed by atoms with Gasteiger partial charge in [0.15, 0.2) is 0 Å². The smallest absolute Gasteiger partial charge is 0.224 e. The van der Waals surface area contributed by atoms with Crippen LogP contribution < -0.4 is 10.2 Å². The van der Waals surface area contributed by atoms with Crippen LogP contribution in [0.25, 0.3) is 0 Å². The highest BCUT2D eigenvalue weighted by Gasteiger charge is 2.27. The van der Waals surface area contributed by atoms with Crippen LogP contribution in [0.1, 0.15) is 26.7 Å². The summed E-state index contributed by atoms with van der Waals surface area (Å²) in [6.45, 7) is 5.50. The number of nitrogens with one attached hydrogen (secondary N) is 1. The lowest BCUT2D eigenvalue weighted by atomic mass is 10.2. The number of hydrogen-bond acceptors (Lipinski definition) is 4. The zero-order chi connectivity index (χ0) is 12.4. The predicted octanol–water partition coefficient (Wildman–Crippen LogP) is 2.91. The van der Waals surface area contributed by atoms with Gasteiger partial charge in [-0.15, -0.1) is 0 Å². The van der Waals surface area contributed by atoms with Crippen molar-refractivity contribution in [2.45, 2.75) is 32.7 Å². The first kappa shape index (κ1) is 12.6. The van der Waals surface area contributed by atoms with E-state index in [4.69, 9.17) is 0 Å². The van der Waals surface area contributed by atoms with E-state index in [0.29, 0.717) is 12.0 Å². The van der Waals surface area contributed by atoms with Crippen LogP contribution in [0, 0.1) is 5.92 Å². The molecule has 5 heteroatoms. The van der Waals surface area contributed by atoms with Gasteiger partial charge in [0.05, 0.1) is 4.47 Å². The van der Waals surface area contributed by atoms with Gasteiger partial charge in [-0.05, 0) is 48.5 Å². The van der Waals surface area contributed by atoms with Gasteiger partial charge in [0.25, 0.3) is 0 Å². The van der Waals surface area contributed by atoms with Crippen molar-refractivity contribution < 1.29 is 0 Å². The van der Waals surface area contributed by atoms with Crippen molar-refractivity contribution >= 4 is 27.7 Å². The van der Waals surface area contributed by atoms with Gasteiger partial charge < -0.3 is 10.2 Å². The Morgan fingerprint density at radius 1 is 1.53 bits per heavy atom. The van der Waals surface area contributed by atoms with Crippen LogP contribution in [0.4, 0.5) is 11.8 Å². The van der Waals surface area contributed by atoms with Crippen LogP contribution in [0.5, 0.6) is 0 Å². The lowest BCUT2D eigenvalue weighted by Gasteiger charge is -2.28. The number of anilines is 2. The summed E-state index contributed by atoms with van der Waals surface area (Å²) in [7, 11) is 1.84. The van der Waals surface area contributed by atoms with Gasteiger partial charge >= 0.3 is 0 Å². The fourth-order valence-corrected chi connectivity index (χ4v) is 2.22. The lowest BCUT2D eigenvalue weighted by Crippen LogP contribution is -2.34. The molecule has 1 heterocycles. The summed E-state index contributed by atoms with van der Waals surface area (Å²) in [5.74, 6) is 2.51. The van der Waals surface area contributed by atoms with Gasteiger partial charge in [0, 0.05) is 25.8 Å². The molecule has 0 atom stereocenters. The molecule has 17 heavy (non-hydrogen) atoms. The van der Waals surface area contributed by atoms with Crippen LogP contribution in [0.15, 0.2) is 10.7 Å². The summed E-state index contributed by atoms with van der Waals surface area (Å²) in [5, 5.41) is 2.99. The van der Waals surface area contributed by atoms with Crippen molar-refractivity contribution in [2.24, 2.45) is 5.92 Å². The van der Waals surface area contributed by atoms with Gasteiger partial charge in [-0.25, -0.2) is 4.98 Å². The first-order valence-electron chi connectivity index (χ1n) is 6.08. The quantitative estimate of drug-likeness (QED) is 0.907. The Morgan fingerprint density at radius 3 is 2.76 bits per heavy atom. The van der Waals surface area contributed by atoms with Crippen molar-refractivity contribution in [3.8, 4) is 0 Å². The summed E-state index contributed by atoms with van der Waals surface area (Å²) in [4.78, 5) is 11.1. The second kappa shape index (κ2) is 5.21.